The molecule has 6 nitrogen and oxygen atoms in total. The lowest BCUT2D eigenvalue weighted by molar-refractivity contribution is -0.139. The fraction of sp³-hybridized carbons (Fsp3) is 0.296. The molecule has 0 saturated heterocycles. The van der Waals surface area contributed by atoms with Crippen LogP contribution in [-0.4, -0.2) is 39.2 Å². The van der Waals surface area contributed by atoms with Crippen LogP contribution in [0.4, 0.5) is 0 Å². The standard InChI is InChI=1S/C27H29N3O3S/c28-27(34)30(26(20-7-2-1-3-8-20)21-10-6-15-29-17-21)16-14-19-9-4-12-23-22(19)11-5-13-24(23)33-18-25(31)32/h1-3,5-8,10-11,13,15,17,19,26H,4,9,12,14,16,18H2,(H2,28,34)(H,31,32). The van der Waals surface area contributed by atoms with E-state index in [1.54, 1.807) is 6.20 Å². The fourth-order valence-electron chi connectivity index (χ4n) is 4.87. The number of aromatic nitrogens is 1. The second-order valence-corrected chi connectivity index (χ2v) is 8.93. The van der Waals surface area contributed by atoms with Crippen LogP contribution < -0.4 is 10.5 Å². The van der Waals surface area contributed by atoms with Gasteiger partial charge in [0, 0.05) is 18.9 Å². The lowest BCUT2D eigenvalue weighted by atomic mass is 9.80. The van der Waals surface area contributed by atoms with Crippen molar-refractivity contribution in [1.29, 1.82) is 0 Å². The van der Waals surface area contributed by atoms with Crippen molar-refractivity contribution >= 4 is 23.3 Å². The van der Waals surface area contributed by atoms with Gasteiger partial charge in [0.15, 0.2) is 11.7 Å². The molecule has 0 saturated carbocycles. The van der Waals surface area contributed by atoms with E-state index in [1.165, 1.54) is 5.56 Å². The molecule has 4 rings (SSSR count). The van der Waals surface area contributed by atoms with Crippen molar-refractivity contribution in [3.8, 4) is 5.75 Å². The third kappa shape index (κ3) is 5.54. The highest BCUT2D eigenvalue weighted by atomic mass is 32.1. The highest BCUT2D eigenvalue weighted by Crippen LogP contribution is 2.39. The maximum Gasteiger partial charge on any atom is 0.341 e. The fourth-order valence-corrected chi connectivity index (χ4v) is 5.07. The zero-order chi connectivity index (χ0) is 23.9. The Kier molecular flexibility index (Phi) is 7.75. The molecule has 176 valence electrons. The maximum absolute atomic E-state index is 11.0. The van der Waals surface area contributed by atoms with Gasteiger partial charge >= 0.3 is 5.97 Å². The predicted molar refractivity (Wildman–Crippen MR) is 136 cm³/mol. The molecule has 3 N–H and O–H groups in total. The zero-order valence-electron chi connectivity index (χ0n) is 19.0. The van der Waals surface area contributed by atoms with Gasteiger partial charge in [-0.1, -0.05) is 48.5 Å². The summed E-state index contributed by atoms with van der Waals surface area (Å²) >= 11 is 5.53. The smallest absolute Gasteiger partial charge is 0.341 e. The molecule has 1 heterocycles. The van der Waals surface area contributed by atoms with Gasteiger partial charge in [-0.15, -0.1) is 0 Å². The van der Waals surface area contributed by atoms with Crippen LogP contribution in [0.1, 0.15) is 53.5 Å². The van der Waals surface area contributed by atoms with Crippen LogP contribution in [0.3, 0.4) is 0 Å². The summed E-state index contributed by atoms with van der Waals surface area (Å²) in [6.45, 7) is 0.355. The molecule has 2 atom stereocenters. The van der Waals surface area contributed by atoms with E-state index in [1.807, 2.05) is 42.6 Å². The van der Waals surface area contributed by atoms with Crippen molar-refractivity contribution in [3.63, 3.8) is 0 Å². The van der Waals surface area contributed by atoms with Gasteiger partial charge in [-0.25, -0.2) is 4.79 Å². The van der Waals surface area contributed by atoms with Crippen molar-refractivity contribution < 1.29 is 14.6 Å². The molecule has 0 bridgehead atoms. The second-order valence-electron chi connectivity index (χ2n) is 8.52. The third-order valence-corrected chi connectivity index (χ3v) is 6.60. The second kappa shape index (κ2) is 11.1. The van der Waals surface area contributed by atoms with Gasteiger partial charge in [-0.3, -0.25) is 4.98 Å². The summed E-state index contributed by atoms with van der Waals surface area (Å²) in [5, 5.41) is 9.36. The minimum Gasteiger partial charge on any atom is -0.482 e. The largest absolute Gasteiger partial charge is 0.482 e. The zero-order valence-corrected chi connectivity index (χ0v) is 19.8. The van der Waals surface area contributed by atoms with E-state index in [4.69, 9.17) is 27.8 Å². The minimum absolute atomic E-state index is 0.124. The summed E-state index contributed by atoms with van der Waals surface area (Å²) in [7, 11) is 0. The van der Waals surface area contributed by atoms with Crippen LogP contribution in [0.25, 0.3) is 0 Å². The molecule has 1 aliphatic carbocycles. The van der Waals surface area contributed by atoms with Crippen LogP contribution in [0.5, 0.6) is 5.75 Å². The molecule has 2 aromatic carbocycles. The van der Waals surface area contributed by atoms with Gasteiger partial charge in [-0.05, 0) is 78.2 Å². The molecule has 0 spiro atoms. The average Bonchev–Trinajstić information content (AvgIpc) is 2.86. The molecule has 3 aromatic rings. The Labute approximate surface area is 205 Å². The molecule has 2 unspecified atom stereocenters. The number of carboxylic acids is 1. The Balaban J connectivity index is 1.58. The molecular weight excluding hydrogens is 446 g/mol. The molecule has 0 aliphatic heterocycles. The normalized spacial score (nSPS) is 15.7. The lowest BCUT2D eigenvalue weighted by Gasteiger charge is -2.35. The van der Waals surface area contributed by atoms with Gasteiger partial charge in [0.25, 0.3) is 0 Å². The number of nitrogens with two attached hydrogens (primary N) is 1. The number of fused-ring (bicyclic) bond motifs is 1. The Morgan fingerprint density at radius 2 is 1.94 bits per heavy atom. The third-order valence-electron chi connectivity index (χ3n) is 6.37. The summed E-state index contributed by atoms with van der Waals surface area (Å²) in [6.07, 6.45) is 7.48. The Hall–Kier alpha value is -3.45. The first-order valence-electron chi connectivity index (χ1n) is 11.5. The van der Waals surface area contributed by atoms with E-state index < -0.39 is 5.97 Å². The van der Waals surface area contributed by atoms with Gasteiger partial charge in [0.05, 0.1) is 6.04 Å². The number of pyridine rings is 1. The molecule has 1 aliphatic rings. The number of ether oxygens (including phenoxy) is 1. The van der Waals surface area contributed by atoms with Crippen molar-refractivity contribution in [2.75, 3.05) is 13.2 Å². The first kappa shape index (κ1) is 23.7. The van der Waals surface area contributed by atoms with Crippen LogP contribution in [0.2, 0.25) is 0 Å². The molecule has 1 aromatic heterocycles. The Morgan fingerprint density at radius 3 is 2.65 bits per heavy atom. The topological polar surface area (TPSA) is 88.7 Å². The number of carbonyl (C=O) groups is 1. The van der Waals surface area contributed by atoms with E-state index in [-0.39, 0.29) is 12.6 Å². The van der Waals surface area contributed by atoms with E-state index in [0.29, 0.717) is 23.3 Å². The quantitative estimate of drug-likeness (QED) is 0.434. The van der Waals surface area contributed by atoms with E-state index in [0.717, 1.165) is 42.4 Å². The van der Waals surface area contributed by atoms with Crippen molar-refractivity contribution in [3.05, 3.63) is 95.3 Å². The summed E-state index contributed by atoms with van der Waals surface area (Å²) in [5.74, 6) is 0.0204. The van der Waals surface area contributed by atoms with Crippen LogP contribution >= 0.6 is 12.2 Å². The highest BCUT2D eigenvalue weighted by molar-refractivity contribution is 7.80. The SMILES string of the molecule is NC(=S)N(CCC1CCCc2c(OCC(=O)O)cccc21)C(c1ccccc1)c1cccnc1. The monoisotopic (exact) mass is 475 g/mol. The maximum atomic E-state index is 11.0. The van der Waals surface area contributed by atoms with Crippen LogP contribution in [-0.2, 0) is 11.2 Å². The first-order chi connectivity index (χ1) is 16.5. The molecule has 0 fully saturated rings. The number of rotatable bonds is 9. The number of nitrogens with zero attached hydrogens (tertiary/aromatic N) is 2. The van der Waals surface area contributed by atoms with Crippen molar-refractivity contribution in [2.24, 2.45) is 5.73 Å². The van der Waals surface area contributed by atoms with E-state index >= 15 is 0 Å². The number of hydrogen-bond acceptors (Lipinski definition) is 4. The Morgan fingerprint density at radius 1 is 1.15 bits per heavy atom. The number of thiocarbonyl (C=S) groups is 1. The minimum atomic E-state index is -0.973. The van der Waals surface area contributed by atoms with Crippen LogP contribution in [0.15, 0.2) is 73.1 Å². The number of hydrogen-bond donors (Lipinski definition) is 2. The van der Waals surface area contributed by atoms with Crippen molar-refractivity contribution in [1.82, 2.24) is 9.88 Å². The molecular formula is C27H29N3O3S. The number of benzene rings is 2. The lowest BCUT2D eigenvalue weighted by Crippen LogP contribution is -2.40. The van der Waals surface area contributed by atoms with E-state index in [2.05, 4.69) is 34.1 Å². The summed E-state index contributed by atoms with van der Waals surface area (Å²) in [4.78, 5) is 17.4. The highest BCUT2D eigenvalue weighted by Gasteiger charge is 2.27. The van der Waals surface area contributed by atoms with E-state index in [9.17, 15) is 4.79 Å². The molecule has 7 heteroatoms. The number of aliphatic carboxylic acids is 1. The Bertz CT molecular complexity index is 1080. The summed E-state index contributed by atoms with van der Waals surface area (Å²) in [6, 6.07) is 20.0. The number of carboxylic acid groups (broad SMARTS) is 1. The van der Waals surface area contributed by atoms with Gasteiger partial charge in [-0.2, -0.15) is 0 Å². The van der Waals surface area contributed by atoms with Crippen molar-refractivity contribution in [2.45, 2.75) is 37.6 Å². The van der Waals surface area contributed by atoms with Gasteiger partial charge in [0.2, 0.25) is 0 Å². The van der Waals surface area contributed by atoms with Gasteiger partial charge in [0.1, 0.15) is 5.75 Å². The first-order valence-corrected chi connectivity index (χ1v) is 11.9. The summed E-state index contributed by atoms with van der Waals surface area (Å²) in [5.41, 5.74) is 10.8. The van der Waals surface area contributed by atoms with Crippen LogP contribution in [0, 0.1) is 0 Å². The predicted octanol–water partition coefficient (Wildman–Crippen LogP) is 4.69. The summed E-state index contributed by atoms with van der Waals surface area (Å²) < 4.78 is 5.57. The molecule has 0 radical (unpaired) electrons. The van der Waals surface area contributed by atoms with Gasteiger partial charge < -0.3 is 20.5 Å². The molecule has 34 heavy (non-hydrogen) atoms. The average molecular weight is 476 g/mol. The molecule has 0 amide bonds.